The van der Waals surface area contributed by atoms with Crippen LogP contribution in [0.15, 0.2) is 9.14 Å². The lowest BCUT2D eigenvalue weighted by atomic mass is 10.4. The van der Waals surface area contributed by atoms with E-state index in [1.807, 2.05) is 0 Å². The van der Waals surface area contributed by atoms with Crippen LogP contribution in [-0.2, 0) is 0 Å². The zero-order valence-electron chi connectivity index (χ0n) is 8.90. The standard InChI is InChI=1S/C10H14S6/c1-3-11-9(12-4-1)8-10(7-15-16-8)13-5-2-6-14-10/h1-7H2. The molecule has 90 valence electrons. The Hall–Kier alpha value is 1.84. The molecule has 0 amide bonds. The first-order chi connectivity index (χ1) is 7.91. The van der Waals surface area contributed by atoms with Gasteiger partial charge in [-0.3, -0.25) is 0 Å². The van der Waals surface area contributed by atoms with Gasteiger partial charge in [-0.05, 0) is 35.9 Å². The molecule has 3 rings (SSSR count). The Morgan fingerprint density at radius 3 is 2.31 bits per heavy atom. The van der Waals surface area contributed by atoms with E-state index < -0.39 is 0 Å². The Labute approximate surface area is 122 Å². The molecule has 16 heavy (non-hydrogen) atoms. The number of thioether (sulfide) groups is 4. The lowest BCUT2D eigenvalue weighted by molar-refractivity contribution is 1.05. The normalized spacial score (nSPS) is 30.0. The van der Waals surface area contributed by atoms with Gasteiger partial charge in [-0.15, -0.1) is 47.0 Å². The Kier molecular flexibility index (Phi) is 4.71. The molecular weight excluding hydrogens is 313 g/mol. The summed E-state index contributed by atoms with van der Waals surface area (Å²) in [7, 11) is 4.14. The molecule has 3 saturated heterocycles. The van der Waals surface area contributed by atoms with Crippen molar-refractivity contribution in [2.45, 2.75) is 16.9 Å². The predicted octanol–water partition coefficient (Wildman–Crippen LogP) is 4.99. The highest BCUT2D eigenvalue weighted by Gasteiger charge is 2.44. The zero-order valence-corrected chi connectivity index (χ0v) is 13.8. The van der Waals surface area contributed by atoms with Crippen LogP contribution in [0, 0.1) is 0 Å². The summed E-state index contributed by atoms with van der Waals surface area (Å²) in [6.07, 6.45) is 2.78. The molecule has 0 aliphatic carbocycles. The van der Waals surface area contributed by atoms with Crippen molar-refractivity contribution < 1.29 is 0 Å². The van der Waals surface area contributed by atoms with Gasteiger partial charge in [-0.25, -0.2) is 0 Å². The maximum Gasteiger partial charge on any atom is 0.104 e. The molecule has 3 heterocycles. The van der Waals surface area contributed by atoms with Crippen LogP contribution in [0.1, 0.15) is 12.8 Å². The van der Waals surface area contributed by atoms with Gasteiger partial charge in [0.05, 0.1) is 4.24 Å². The van der Waals surface area contributed by atoms with E-state index in [9.17, 15) is 0 Å². The molecule has 6 heteroatoms. The summed E-state index contributed by atoms with van der Waals surface area (Å²) in [5.74, 6) is 6.71. The maximum atomic E-state index is 2.21. The lowest BCUT2D eigenvalue weighted by Gasteiger charge is -2.33. The van der Waals surface area contributed by atoms with Gasteiger partial charge in [0.15, 0.2) is 0 Å². The van der Waals surface area contributed by atoms with Crippen LogP contribution < -0.4 is 0 Å². The molecule has 0 atom stereocenters. The predicted molar refractivity (Wildman–Crippen MR) is 88.9 cm³/mol. The number of hydrogen-bond donors (Lipinski definition) is 0. The van der Waals surface area contributed by atoms with Crippen molar-refractivity contribution in [3.8, 4) is 0 Å². The third-order valence-corrected chi connectivity index (χ3v) is 12.1. The molecule has 3 aliphatic rings. The van der Waals surface area contributed by atoms with Gasteiger partial charge in [0.25, 0.3) is 0 Å². The second-order valence-electron chi connectivity index (χ2n) is 3.82. The first-order valence-corrected chi connectivity index (χ1v) is 11.7. The van der Waals surface area contributed by atoms with E-state index in [2.05, 4.69) is 68.6 Å². The molecule has 0 nitrogen and oxygen atoms in total. The van der Waals surface area contributed by atoms with Gasteiger partial charge in [0.2, 0.25) is 0 Å². The van der Waals surface area contributed by atoms with Crippen LogP contribution in [0.25, 0.3) is 0 Å². The fraction of sp³-hybridized carbons (Fsp3) is 0.800. The van der Waals surface area contributed by atoms with E-state index in [0.717, 1.165) is 0 Å². The molecule has 0 unspecified atom stereocenters. The molecule has 3 fully saturated rings. The topological polar surface area (TPSA) is 0 Å². The van der Waals surface area contributed by atoms with Crippen molar-refractivity contribution in [1.29, 1.82) is 0 Å². The van der Waals surface area contributed by atoms with Crippen molar-refractivity contribution in [1.82, 2.24) is 0 Å². The van der Waals surface area contributed by atoms with Gasteiger partial charge >= 0.3 is 0 Å². The zero-order chi connectivity index (χ0) is 10.8. The Balaban J connectivity index is 1.86. The summed E-state index contributed by atoms with van der Waals surface area (Å²) in [6, 6.07) is 0. The van der Waals surface area contributed by atoms with E-state index in [-0.39, 0.29) is 0 Å². The minimum Gasteiger partial charge on any atom is -0.138 e. The van der Waals surface area contributed by atoms with Gasteiger partial charge in [0.1, 0.15) is 4.08 Å². The van der Waals surface area contributed by atoms with Crippen molar-refractivity contribution in [3.63, 3.8) is 0 Å². The summed E-state index contributed by atoms with van der Waals surface area (Å²) in [5, 5.41) is 0. The van der Waals surface area contributed by atoms with Gasteiger partial charge in [0, 0.05) is 10.7 Å². The van der Waals surface area contributed by atoms with Crippen LogP contribution in [0.2, 0.25) is 0 Å². The van der Waals surface area contributed by atoms with Crippen LogP contribution in [0.4, 0.5) is 0 Å². The van der Waals surface area contributed by atoms with Crippen molar-refractivity contribution in [3.05, 3.63) is 9.14 Å². The second kappa shape index (κ2) is 5.87. The summed E-state index contributed by atoms with van der Waals surface area (Å²) >= 11 is 8.64. The Bertz CT molecular complexity index is 286. The average Bonchev–Trinajstić information content (AvgIpc) is 2.75. The molecule has 0 aromatic rings. The molecule has 0 bridgehead atoms. The van der Waals surface area contributed by atoms with Gasteiger partial charge < -0.3 is 0 Å². The van der Waals surface area contributed by atoms with Crippen molar-refractivity contribution in [2.75, 3.05) is 28.8 Å². The van der Waals surface area contributed by atoms with Gasteiger partial charge in [-0.1, -0.05) is 21.6 Å². The minimum atomic E-state index is 0.445. The highest BCUT2D eigenvalue weighted by molar-refractivity contribution is 8.79. The number of rotatable bonds is 0. The molecule has 0 N–H and O–H groups in total. The number of hydrogen-bond acceptors (Lipinski definition) is 6. The highest BCUT2D eigenvalue weighted by atomic mass is 33.1. The van der Waals surface area contributed by atoms with Crippen LogP contribution >= 0.6 is 68.6 Å². The van der Waals surface area contributed by atoms with E-state index in [0.29, 0.717) is 4.08 Å². The van der Waals surface area contributed by atoms with E-state index in [4.69, 9.17) is 0 Å². The smallest absolute Gasteiger partial charge is 0.104 e. The van der Waals surface area contributed by atoms with Crippen LogP contribution in [0.5, 0.6) is 0 Å². The molecular formula is C10H14S6. The summed E-state index contributed by atoms with van der Waals surface area (Å²) in [6.45, 7) is 0. The van der Waals surface area contributed by atoms with E-state index >= 15 is 0 Å². The first kappa shape index (κ1) is 12.9. The lowest BCUT2D eigenvalue weighted by Crippen LogP contribution is -2.26. The Morgan fingerprint density at radius 2 is 1.56 bits per heavy atom. The van der Waals surface area contributed by atoms with E-state index in [1.165, 1.54) is 41.6 Å². The van der Waals surface area contributed by atoms with Crippen molar-refractivity contribution >= 4 is 68.6 Å². The molecule has 1 spiro atoms. The summed E-state index contributed by atoms with van der Waals surface area (Å²) in [5.41, 5.74) is 0. The molecule has 3 aliphatic heterocycles. The minimum absolute atomic E-state index is 0.445. The van der Waals surface area contributed by atoms with Crippen LogP contribution in [0.3, 0.4) is 0 Å². The summed E-state index contributed by atoms with van der Waals surface area (Å²) < 4.78 is 2.10. The monoisotopic (exact) mass is 326 g/mol. The fourth-order valence-corrected chi connectivity index (χ4v) is 13.3. The third-order valence-electron chi connectivity index (χ3n) is 2.64. The fourth-order valence-electron chi connectivity index (χ4n) is 1.84. The molecule has 0 radical (unpaired) electrons. The molecule has 0 aromatic carbocycles. The highest BCUT2D eigenvalue weighted by Crippen LogP contribution is 2.64. The van der Waals surface area contributed by atoms with Gasteiger partial charge in [-0.2, -0.15) is 0 Å². The third kappa shape index (κ3) is 2.57. The molecule has 0 saturated carbocycles. The second-order valence-corrected chi connectivity index (χ2v) is 11.6. The van der Waals surface area contributed by atoms with Crippen LogP contribution in [-0.4, -0.2) is 32.8 Å². The van der Waals surface area contributed by atoms with E-state index in [1.54, 1.807) is 9.14 Å². The summed E-state index contributed by atoms with van der Waals surface area (Å²) in [4.78, 5) is 1.71. The molecule has 0 aromatic heterocycles. The van der Waals surface area contributed by atoms with Crippen molar-refractivity contribution in [2.24, 2.45) is 0 Å². The SMILES string of the molecule is C1CSC(=C2SSCC23SCCCS3)SC1. The first-order valence-electron chi connectivity index (χ1n) is 5.48. The Morgan fingerprint density at radius 1 is 0.875 bits per heavy atom. The largest absolute Gasteiger partial charge is 0.138 e. The quantitative estimate of drug-likeness (QED) is 0.571. The maximum absolute atomic E-state index is 2.21. The average molecular weight is 327 g/mol.